The summed E-state index contributed by atoms with van der Waals surface area (Å²) in [6.07, 6.45) is 6.64. The van der Waals surface area contributed by atoms with Crippen molar-refractivity contribution < 1.29 is 17.9 Å². The van der Waals surface area contributed by atoms with Crippen molar-refractivity contribution in [3.05, 3.63) is 0 Å². The molecule has 1 aliphatic rings. The number of ether oxygens (including phenoxy) is 2. The van der Waals surface area contributed by atoms with Crippen molar-refractivity contribution in [1.82, 2.24) is 10.4 Å². The van der Waals surface area contributed by atoms with Gasteiger partial charge in [-0.15, -0.1) is 5.59 Å². The van der Waals surface area contributed by atoms with Crippen LogP contribution in [0, 0.1) is 0 Å². The summed E-state index contributed by atoms with van der Waals surface area (Å²) in [4.78, 5) is 8.14. The molecule has 24 heavy (non-hydrogen) atoms. The molecule has 1 fully saturated rings. The zero-order valence-corrected chi connectivity index (χ0v) is 18.5. The van der Waals surface area contributed by atoms with Gasteiger partial charge in [-0.05, 0) is 38.5 Å². The highest BCUT2D eigenvalue weighted by atomic mass is 33.5. The van der Waals surface area contributed by atoms with E-state index in [0.717, 1.165) is 64.3 Å². The lowest BCUT2D eigenvalue weighted by molar-refractivity contribution is 0.0269. The Hall–Kier alpha value is 1.86. The van der Waals surface area contributed by atoms with E-state index >= 15 is 0 Å². The Kier molecular flexibility index (Phi) is 21.1. The first-order valence-corrected chi connectivity index (χ1v) is 14.9. The first-order valence-electron chi connectivity index (χ1n) is 7.89. The molecule has 0 bridgehead atoms. The van der Waals surface area contributed by atoms with Gasteiger partial charge >= 0.3 is 0 Å². The smallest absolute Gasteiger partial charge is 0.0918 e. The molecule has 0 atom stereocenters. The zero-order chi connectivity index (χ0) is 17.0. The summed E-state index contributed by atoms with van der Waals surface area (Å²) in [5, 5.41) is 0. The molecule has 1 saturated heterocycles. The van der Waals surface area contributed by atoms with Crippen LogP contribution < -0.4 is 10.4 Å². The average Bonchev–Trinajstić information content (AvgIpc) is 2.59. The maximum atomic E-state index is 5.63. The normalized spacial score (nSPS) is 24.0. The Balaban J connectivity index is 2.00. The van der Waals surface area contributed by atoms with E-state index in [0.29, 0.717) is 6.61 Å². The Morgan fingerprint density at radius 3 is 2.12 bits per heavy atom. The highest BCUT2D eigenvalue weighted by Crippen LogP contribution is 2.43. The average molecular weight is 455 g/mol. The summed E-state index contributed by atoms with van der Waals surface area (Å²) >= 11 is 2.69. The minimum absolute atomic E-state index is 0.686. The number of rotatable bonds is 0. The molecule has 1 heterocycles. The van der Waals surface area contributed by atoms with Crippen LogP contribution in [0.1, 0.15) is 38.5 Å². The van der Waals surface area contributed by atoms with E-state index in [9.17, 15) is 0 Å². The van der Waals surface area contributed by atoms with Gasteiger partial charge in [-0.3, -0.25) is 4.84 Å². The molecule has 0 aromatic carbocycles. The van der Waals surface area contributed by atoms with E-state index in [1.165, 1.54) is 49.4 Å². The maximum Gasteiger partial charge on any atom is 0.0918 e. The van der Waals surface area contributed by atoms with Crippen LogP contribution >= 0.6 is 63.6 Å². The van der Waals surface area contributed by atoms with Gasteiger partial charge in [0.1, 0.15) is 0 Å². The molecule has 6 nitrogen and oxygen atoms in total. The summed E-state index contributed by atoms with van der Waals surface area (Å²) in [6, 6.07) is 0. The first kappa shape index (κ1) is 23.9. The van der Waals surface area contributed by atoms with Crippen LogP contribution in [0.25, 0.3) is 0 Å². The van der Waals surface area contributed by atoms with Crippen molar-refractivity contribution in [2.75, 3.05) is 38.8 Å². The Bertz CT molecular complexity index is 152. The van der Waals surface area contributed by atoms with Gasteiger partial charge in [0, 0.05) is 56.2 Å². The van der Waals surface area contributed by atoms with Gasteiger partial charge in [0.2, 0.25) is 0 Å². The van der Waals surface area contributed by atoms with Crippen LogP contribution in [0.5, 0.6) is 0 Å². The SMILES string of the molecule is C1CCOCCCCCONNSSSOSSSCCOCC1. The predicted molar refractivity (Wildman–Crippen MR) is 113 cm³/mol. The minimum atomic E-state index is 0.686. The lowest BCUT2D eigenvalue weighted by Gasteiger charge is -2.07. The molecule has 0 spiro atoms. The highest BCUT2D eigenvalue weighted by molar-refractivity contribution is 9.11. The van der Waals surface area contributed by atoms with E-state index < -0.39 is 0 Å². The Morgan fingerprint density at radius 2 is 1.33 bits per heavy atom. The van der Waals surface area contributed by atoms with Crippen molar-refractivity contribution in [2.45, 2.75) is 38.5 Å². The third kappa shape index (κ3) is 18.6. The van der Waals surface area contributed by atoms with Crippen molar-refractivity contribution in [3.8, 4) is 0 Å². The van der Waals surface area contributed by atoms with Crippen molar-refractivity contribution in [3.63, 3.8) is 0 Å². The maximum absolute atomic E-state index is 5.63. The molecule has 0 aliphatic carbocycles. The Morgan fingerprint density at radius 1 is 0.667 bits per heavy atom. The van der Waals surface area contributed by atoms with Crippen LogP contribution in [0.4, 0.5) is 0 Å². The fraction of sp³-hybridized carbons (Fsp3) is 1.00. The predicted octanol–water partition coefficient (Wildman–Crippen LogP) is 5.22. The molecule has 12 heteroatoms. The van der Waals surface area contributed by atoms with Crippen LogP contribution in [-0.2, 0) is 17.9 Å². The molecule has 1 rings (SSSR count). The largest absolute Gasteiger partial charge is 0.381 e. The number of hydrogen-bond acceptors (Lipinski definition) is 12. The summed E-state index contributed by atoms with van der Waals surface area (Å²) in [7, 11) is 6.26. The van der Waals surface area contributed by atoms with Crippen LogP contribution in [0.3, 0.4) is 0 Å². The van der Waals surface area contributed by atoms with E-state index in [4.69, 9.17) is 17.9 Å². The fourth-order valence-corrected chi connectivity index (χ4v) is 7.16. The first-order chi connectivity index (χ1) is 12.0. The summed E-state index contributed by atoms with van der Waals surface area (Å²) in [6.45, 7) is 4.03. The second kappa shape index (κ2) is 21.2. The van der Waals surface area contributed by atoms with Crippen LogP contribution in [-0.4, -0.2) is 38.8 Å². The quantitative estimate of drug-likeness (QED) is 0.286. The fourth-order valence-electron chi connectivity index (χ4n) is 1.65. The van der Waals surface area contributed by atoms with Crippen LogP contribution in [0.15, 0.2) is 0 Å². The molecule has 0 unspecified atom stereocenters. The monoisotopic (exact) mass is 454 g/mol. The summed E-state index contributed by atoms with van der Waals surface area (Å²) in [5.41, 5.74) is 2.70. The molecule has 2 N–H and O–H groups in total. The van der Waals surface area contributed by atoms with E-state index in [2.05, 4.69) is 10.4 Å². The third-order valence-electron chi connectivity index (χ3n) is 2.77. The van der Waals surface area contributed by atoms with E-state index in [1.807, 2.05) is 0 Å². The molecule has 0 aromatic heterocycles. The molecule has 0 radical (unpaired) electrons. The lowest BCUT2D eigenvalue weighted by atomic mass is 10.2. The van der Waals surface area contributed by atoms with Crippen molar-refractivity contribution in [1.29, 1.82) is 0 Å². The van der Waals surface area contributed by atoms with Gasteiger partial charge in [0.15, 0.2) is 0 Å². The molecule has 144 valence electrons. The summed E-state index contributed by atoms with van der Waals surface area (Å²) in [5.74, 6) is 0.972. The van der Waals surface area contributed by atoms with Crippen molar-refractivity contribution in [2.24, 2.45) is 0 Å². The van der Waals surface area contributed by atoms with Gasteiger partial charge in [0.05, 0.1) is 35.4 Å². The van der Waals surface area contributed by atoms with Gasteiger partial charge < -0.3 is 9.47 Å². The second-order valence-corrected chi connectivity index (χ2v) is 12.0. The molecule has 0 saturated carbocycles. The second-order valence-electron chi connectivity index (χ2n) is 4.64. The number of hydrazine groups is 1. The zero-order valence-electron chi connectivity index (χ0n) is 13.6. The molecule has 0 aromatic rings. The number of nitrogens with one attached hydrogen (secondary N) is 2. The van der Waals surface area contributed by atoms with Crippen LogP contribution in [0.2, 0.25) is 0 Å². The third-order valence-corrected chi connectivity index (χ3v) is 9.05. The van der Waals surface area contributed by atoms with Crippen molar-refractivity contribution >= 4 is 63.6 Å². The topological polar surface area (TPSA) is 61.0 Å². The molecule has 1 aliphatic heterocycles. The minimum Gasteiger partial charge on any atom is -0.381 e. The molecular weight excluding hydrogens is 429 g/mol. The number of hydrogen-bond donors (Lipinski definition) is 2. The van der Waals surface area contributed by atoms with Gasteiger partial charge in [-0.1, -0.05) is 10.8 Å². The molecule has 0 amide bonds. The lowest BCUT2D eigenvalue weighted by Crippen LogP contribution is -2.25. The highest BCUT2D eigenvalue weighted by Gasteiger charge is 1.98. The summed E-state index contributed by atoms with van der Waals surface area (Å²) < 4.78 is 16.6. The van der Waals surface area contributed by atoms with Gasteiger partial charge in [-0.25, -0.2) is 3.63 Å². The van der Waals surface area contributed by atoms with Gasteiger partial charge in [-0.2, -0.15) is 4.83 Å². The Labute approximate surface area is 168 Å². The van der Waals surface area contributed by atoms with E-state index in [-0.39, 0.29) is 0 Å². The van der Waals surface area contributed by atoms with E-state index in [1.54, 1.807) is 20.6 Å². The van der Waals surface area contributed by atoms with Gasteiger partial charge in [0.25, 0.3) is 0 Å². The standard InChI is InChI=1S/C12H26N2O4S6/c1-3-7-15-8-5-2-6-10-17-13-14-20-24-22-18-21-23-19-12-11-16-9-4-1/h13-14H,1-12H2. The molecular formula is C12H26N2O4S6.